The first-order chi connectivity index (χ1) is 5.61. The van der Waals surface area contributed by atoms with Gasteiger partial charge in [-0.05, 0) is 20.8 Å². The number of ketones is 1. The Kier molecular flexibility index (Phi) is 5.00. The minimum absolute atomic E-state index is 0.0782. The highest BCUT2D eigenvalue weighted by atomic mass is 16.5. The summed E-state index contributed by atoms with van der Waals surface area (Å²) in [6.45, 7) is 5.26. The predicted molar refractivity (Wildman–Crippen MR) is 45.7 cm³/mol. The molecule has 0 radical (unpaired) electrons. The Morgan fingerprint density at radius 1 is 1.42 bits per heavy atom. The third-order valence-corrected chi connectivity index (χ3v) is 1.44. The van der Waals surface area contributed by atoms with Gasteiger partial charge in [-0.3, -0.25) is 9.59 Å². The maximum atomic E-state index is 10.9. The molecule has 0 aromatic heterocycles. The molecule has 0 aliphatic heterocycles. The van der Waals surface area contributed by atoms with Gasteiger partial charge in [0.2, 0.25) is 0 Å². The van der Waals surface area contributed by atoms with E-state index in [1.54, 1.807) is 19.9 Å². The van der Waals surface area contributed by atoms with Crippen LogP contribution in [0.1, 0.15) is 27.2 Å². The molecule has 0 amide bonds. The Hall–Kier alpha value is -1.12. The molecular formula is C9H14O3. The maximum Gasteiger partial charge on any atom is 0.310 e. The van der Waals surface area contributed by atoms with Gasteiger partial charge < -0.3 is 4.74 Å². The smallest absolute Gasteiger partial charge is 0.310 e. The maximum absolute atomic E-state index is 10.9. The van der Waals surface area contributed by atoms with Gasteiger partial charge in [0.15, 0.2) is 5.78 Å². The number of ether oxygens (including phenoxy) is 1. The van der Waals surface area contributed by atoms with Crippen molar-refractivity contribution in [3.63, 3.8) is 0 Å². The minimum atomic E-state index is -0.346. The van der Waals surface area contributed by atoms with Crippen molar-refractivity contribution in [3.05, 3.63) is 11.6 Å². The van der Waals surface area contributed by atoms with Crippen LogP contribution in [0, 0.1) is 0 Å². The van der Waals surface area contributed by atoms with Gasteiger partial charge in [-0.15, -0.1) is 0 Å². The monoisotopic (exact) mass is 170 g/mol. The van der Waals surface area contributed by atoms with Crippen LogP contribution in [0.3, 0.4) is 0 Å². The van der Waals surface area contributed by atoms with Crippen molar-refractivity contribution in [2.24, 2.45) is 0 Å². The molecule has 0 aromatic carbocycles. The minimum Gasteiger partial charge on any atom is -0.466 e. The Labute approximate surface area is 72.4 Å². The number of rotatable bonds is 4. The van der Waals surface area contributed by atoms with Crippen LogP contribution in [0.5, 0.6) is 0 Å². The lowest BCUT2D eigenvalue weighted by molar-refractivity contribution is -0.142. The highest BCUT2D eigenvalue weighted by molar-refractivity contribution is 5.97. The van der Waals surface area contributed by atoms with Gasteiger partial charge in [0.1, 0.15) is 0 Å². The van der Waals surface area contributed by atoms with E-state index in [2.05, 4.69) is 0 Å². The van der Waals surface area contributed by atoms with Gasteiger partial charge in [-0.2, -0.15) is 0 Å². The molecule has 0 saturated carbocycles. The second-order valence-electron chi connectivity index (χ2n) is 2.35. The molecule has 3 heteroatoms. The normalized spacial score (nSPS) is 11.1. The fraction of sp³-hybridized carbons (Fsp3) is 0.556. The van der Waals surface area contributed by atoms with Crippen molar-refractivity contribution in [3.8, 4) is 0 Å². The van der Waals surface area contributed by atoms with Crippen molar-refractivity contribution in [2.45, 2.75) is 27.2 Å². The van der Waals surface area contributed by atoms with Crippen molar-refractivity contribution in [1.29, 1.82) is 0 Å². The van der Waals surface area contributed by atoms with E-state index >= 15 is 0 Å². The topological polar surface area (TPSA) is 43.4 Å². The number of carbonyl (C=O) groups excluding carboxylic acids is 2. The van der Waals surface area contributed by atoms with E-state index in [0.717, 1.165) is 0 Å². The first-order valence-corrected chi connectivity index (χ1v) is 3.93. The van der Waals surface area contributed by atoms with Crippen LogP contribution in [0.2, 0.25) is 0 Å². The Bertz CT molecular complexity index is 204. The zero-order chi connectivity index (χ0) is 9.56. The van der Waals surface area contributed by atoms with E-state index < -0.39 is 0 Å². The summed E-state index contributed by atoms with van der Waals surface area (Å²) < 4.78 is 4.69. The average Bonchev–Trinajstić information content (AvgIpc) is 2.00. The lowest BCUT2D eigenvalue weighted by Crippen LogP contribution is -2.08. The number of Topliss-reactive ketones (excluding diaryl/α,β-unsaturated/α-hetero) is 1. The van der Waals surface area contributed by atoms with Crippen LogP contribution in [-0.2, 0) is 14.3 Å². The van der Waals surface area contributed by atoms with Crippen LogP contribution in [0.15, 0.2) is 11.6 Å². The standard InChI is InChI=1S/C9H14O3/c1-4-8(7(3)10)6-9(11)12-5-2/h4H,5-6H2,1-3H3/b8-4+. The molecule has 0 aliphatic carbocycles. The van der Waals surface area contributed by atoms with E-state index in [-0.39, 0.29) is 18.2 Å². The summed E-state index contributed by atoms with van der Waals surface area (Å²) in [4.78, 5) is 21.7. The molecule has 0 spiro atoms. The van der Waals surface area contributed by atoms with Crippen molar-refractivity contribution >= 4 is 11.8 Å². The second-order valence-corrected chi connectivity index (χ2v) is 2.35. The SMILES string of the molecule is C/C=C(\CC(=O)OCC)C(C)=O. The van der Waals surface area contributed by atoms with Gasteiger partial charge in [0.05, 0.1) is 13.0 Å². The van der Waals surface area contributed by atoms with E-state index in [4.69, 9.17) is 4.74 Å². The molecule has 0 heterocycles. The number of esters is 1. The summed E-state index contributed by atoms with van der Waals surface area (Å²) in [5, 5.41) is 0. The number of carbonyl (C=O) groups is 2. The van der Waals surface area contributed by atoms with Gasteiger partial charge in [0.25, 0.3) is 0 Å². The molecule has 0 atom stereocenters. The van der Waals surface area contributed by atoms with Gasteiger partial charge >= 0.3 is 5.97 Å². The summed E-state index contributed by atoms with van der Waals surface area (Å²) in [6.07, 6.45) is 1.72. The van der Waals surface area contributed by atoms with Crippen molar-refractivity contribution < 1.29 is 14.3 Å². The summed E-state index contributed by atoms with van der Waals surface area (Å²) in [7, 11) is 0. The zero-order valence-electron chi connectivity index (χ0n) is 7.72. The van der Waals surface area contributed by atoms with Crippen LogP contribution in [0.25, 0.3) is 0 Å². The third-order valence-electron chi connectivity index (χ3n) is 1.44. The van der Waals surface area contributed by atoms with E-state index in [9.17, 15) is 9.59 Å². The fourth-order valence-electron chi connectivity index (χ4n) is 0.797. The van der Waals surface area contributed by atoms with Crippen molar-refractivity contribution in [1.82, 2.24) is 0 Å². The summed E-state index contributed by atoms with van der Waals surface area (Å²) >= 11 is 0. The largest absolute Gasteiger partial charge is 0.466 e. The van der Waals surface area contributed by atoms with Gasteiger partial charge in [-0.1, -0.05) is 6.08 Å². The van der Waals surface area contributed by atoms with Crippen molar-refractivity contribution in [2.75, 3.05) is 6.61 Å². The van der Waals surface area contributed by atoms with Crippen LogP contribution in [0.4, 0.5) is 0 Å². The van der Waals surface area contributed by atoms with E-state index in [0.29, 0.717) is 12.2 Å². The van der Waals surface area contributed by atoms with Gasteiger partial charge in [-0.25, -0.2) is 0 Å². The lowest BCUT2D eigenvalue weighted by atomic mass is 10.1. The Morgan fingerprint density at radius 2 is 2.00 bits per heavy atom. The predicted octanol–water partition coefficient (Wildman–Crippen LogP) is 1.47. The number of hydrogen-bond acceptors (Lipinski definition) is 3. The molecule has 0 aromatic rings. The number of hydrogen-bond donors (Lipinski definition) is 0. The molecule has 0 bridgehead atoms. The van der Waals surface area contributed by atoms with E-state index in [1.807, 2.05) is 0 Å². The molecule has 0 aliphatic rings. The molecule has 0 unspecified atom stereocenters. The fourth-order valence-corrected chi connectivity index (χ4v) is 0.797. The molecule has 12 heavy (non-hydrogen) atoms. The summed E-state index contributed by atoms with van der Waals surface area (Å²) in [6, 6.07) is 0. The number of allylic oxidation sites excluding steroid dienone is 1. The van der Waals surface area contributed by atoms with Crippen LogP contribution in [-0.4, -0.2) is 18.4 Å². The molecular weight excluding hydrogens is 156 g/mol. The second kappa shape index (κ2) is 5.52. The Morgan fingerprint density at radius 3 is 2.33 bits per heavy atom. The molecule has 3 nitrogen and oxygen atoms in total. The van der Waals surface area contributed by atoms with Crippen LogP contribution >= 0.6 is 0 Å². The average molecular weight is 170 g/mol. The quantitative estimate of drug-likeness (QED) is 0.474. The summed E-state index contributed by atoms with van der Waals surface area (Å²) in [5.74, 6) is -0.425. The molecule has 0 N–H and O–H groups in total. The molecule has 68 valence electrons. The highest BCUT2D eigenvalue weighted by Gasteiger charge is 2.09. The molecule has 0 fully saturated rings. The molecule has 0 saturated heterocycles. The highest BCUT2D eigenvalue weighted by Crippen LogP contribution is 2.03. The summed E-state index contributed by atoms with van der Waals surface area (Å²) in [5.41, 5.74) is 0.508. The first kappa shape index (κ1) is 10.9. The van der Waals surface area contributed by atoms with E-state index in [1.165, 1.54) is 6.92 Å². The first-order valence-electron chi connectivity index (χ1n) is 3.93. The van der Waals surface area contributed by atoms with Crippen LogP contribution < -0.4 is 0 Å². The third kappa shape index (κ3) is 3.91. The Balaban J connectivity index is 4.05. The zero-order valence-corrected chi connectivity index (χ0v) is 7.72. The lowest BCUT2D eigenvalue weighted by Gasteiger charge is -2.02. The molecule has 0 rings (SSSR count). The van der Waals surface area contributed by atoms with Gasteiger partial charge in [0, 0.05) is 5.57 Å².